The Morgan fingerprint density at radius 2 is 2.29 bits per heavy atom. The molecule has 1 amide bonds. The first-order chi connectivity index (χ1) is 8.18. The third-order valence-electron chi connectivity index (χ3n) is 3.26. The van der Waals surface area contributed by atoms with Crippen molar-refractivity contribution in [2.24, 2.45) is 5.73 Å². The molecule has 0 aliphatic heterocycles. The van der Waals surface area contributed by atoms with E-state index >= 15 is 0 Å². The molecule has 0 aromatic heterocycles. The van der Waals surface area contributed by atoms with Crippen LogP contribution in [0.4, 0.5) is 0 Å². The average molecular weight is 234 g/mol. The number of benzene rings is 1. The Morgan fingerprint density at radius 1 is 1.53 bits per heavy atom. The highest BCUT2D eigenvalue weighted by Crippen LogP contribution is 2.29. The lowest BCUT2D eigenvalue weighted by atomic mass is 9.88. The van der Waals surface area contributed by atoms with Crippen LogP contribution in [0.15, 0.2) is 24.3 Å². The lowest BCUT2D eigenvalue weighted by Crippen LogP contribution is -2.39. The Hall–Kier alpha value is -1.39. The van der Waals surface area contributed by atoms with Crippen LogP contribution in [0.1, 0.15) is 30.0 Å². The number of aliphatic hydroxyl groups is 1. The number of fused-ring (bicyclic) bond motifs is 1. The van der Waals surface area contributed by atoms with E-state index < -0.39 is 12.0 Å². The Balaban J connectivity index is 2.01. The number of carbonyl (C=O) groups is 1. The number of rotatable bonds is 4. The molecule has 2 atom stereocenters. The van der Waals surface area contributed by atoms with Crippen molar-refractivity contribution < 1.29 is 9.90 Å². The molecule has 0 spiro atoms. The van der Waals surface area contributed by atoms with Gasteiger partial charge >= 0.3 is 0 Å². The zero-order chi connectivity index (χ0) is 12.3. The van der Waals surface area contributed by atoms with Gasteiger partial charge in [-0.1, -0.05) is 24.3 Å². The zero-order valence-electron chi connectivity index (χ0n) is 9.73. The molecule has 4 heteroatoms. The molecular formula is C13H18N2O2. The molecule has 2 unspecified atom stereocenters. The summed E-state index contributed by atoms with van der Waals surface area (Å²) in [6, 6.07) is 8.51. The van der Waals surface area contributed by atoms with Crippen LogP contribution in [0.3, 0.4) is 0 Å². The lowest BCUT2D eigenvalue weighted by Gasteiger charge is -2.27. The Bertz CT molecular complexity index is 406. The van der Waals surface area contributed by atoms with E-state index in [9.17, 15) is 9.90 Å². The minimum Gasteiger partial charge on any atom is -0.382 e. The summed E-state index contributed by atoms with van der Waals surface area (Å²) in [5.41, 5.74) is 7.64. The summed E-state index contributed by atoms with van der Waals surface area (Å²) >= 11 is 0. The van der Waals surface area contributed by atoms with Gasteiger partial charge in [0.15, 0.2) is 0 Å². The predicted molar refractivity (Wildman–Crippen MR) is 65.3 cm³/mol. The third kappa shape index (κ3) is 2.84. The van der Waals surface area contributed by atoms with Crippen LogP contribution in [0.25, 0.3) is 0 Å². The number of hydrogen-bond donors (Lipinski definition) is 3. The van der Waals surface area contributed by atoms with Gasteiger partial charge in [0.1, 0.15) is 6.10 Å². The maximum atomic E-state index is 10.7. The number of carbonyl (C=O) groups excluding carboxylic acids is 1. The van der Waals surface area contributed by atoms with Gasteiger partial charge in [0.05, 0.1) is 0 Å². The van der Waals surface area contributed by atoms with Crippen LogP contribution in [0, 0.1) is 0 Å². The molecule has 4 N–H and O–H groups in total. The zero-order valence-corrected chi connectivity index (χ0v) is 9.73. The fourth-order valence-corrected chi connectivity index (χ4v) is 2.32. The van der Waals surface area contributed by atoms with E-state index in [4.69, 9.17) is 5.73 Å². The SMILES string of the molecule is NC(=O)C(O)CNC1CCCc2ccccc21. The maximum absolute atomic E-state index is 10.7. The summed E-state index contributed by atoms with van der Waals surface area (Å²) in [6.45, 7) is 0.217. The second-order valence-corrected chi connectivity index (χ2v) is 4.47. The molecule has 1 aromatic carbocycles. The van der Waals surface area contributed by atoms with Gasteiger partial charge in [0.2, 0.25) is 5.91 Å². The van der Waals surface area contributed by atoms with Crippen LogP contribution in [0.2, 0.25) is 0 Å². The first-order valence-corrected chi connectivity index (χ1v) is 5.97. The molecule has 0 radical (unpaired) electrons. The van der Waals surface area contributed by atoms with E-state index in [2.05, 4.69) is 17.4 Å². The minimum atomic E-state index is -1.11. The summed E-state index contributed by atoms with van der Waals surface area (Å²) in [5, 5.41) is 12.6. The molecule has 1 aliphatic rings. The predicted octanol–water partition coefficient (Wildman–Crippen LogP) is 0.500. The number of hydrogen-bond acceptors (Lipinski definition) is 3. The van der Waals surface area contributed by atoms with Gasteiger partial charge in [-0.2, -0.15) is 0 Å². The maximum Gasteiger partial charge on any atom is 0.247 e. The molecule has 0 saturated heterocycles. The van der Waals surface area contributed by atoms with E-state index in [-0.39, 0.29) is 12.6 Å². The topological polar surface area (TPSA) is 75.4 Å². The first-order valence-electron chi connectivity index (χ1n) is 5.97. The van der Waals surface area contributed by atoms with E-state index in [0.29, 0.717) is 0 Å². The highest BCUT2D eigenvalue weighted by molar-refractivity contribution is 5.78. The van der Waals surface area contributed by atoms with Crippen molar-refractivity contribution in [2.75, 3.05) is 6.54 Å². The summed E-state index contributed by atoms with van der Waals surface area (Å²) in [7, 11) is 0. The Kier molecular flexibility index (Phi) is 3.76. The van der Waals surface area contributed by atoms with E-state index in [1.807, 2.05) is 12.1 Å². The summed E-state index contributed by atoms with van der Waals surface area (Å²) < 4.78 is 0. The normalized spacial score (nSPS) is 20.6. The highest BCUT2D eigenvalue weighted by Gasteiger charge is 2.20. The number of nitrogens with two attached hydrogens (primary N) is 1. The van der Waals surface area contributed by atoms with Crippen molar-refractivity contribution in [1.82, 2.24) is 5.32 Å². The Labute approximate surface area is 101 Å². The number of primary amides is 1. The fraction of sp³-hybridized carbons (Fsp3) is 0.462. The van der Waals surface area contributed by atoms with Crippen molar-refractivity contribution in [3.8, 4) is 0 Å². The second kappa shape index (κ2) is 5.29. The van der Waals surface area contributed by atoms with E-state index in [1.165, 1.54) is 11.1 Å². The molecule has 1 aromatic rings. The molecule has 1 aliphatic carbocycles. The molecule has 4 nitrogen and oxygen atoms in total. The van der Waals surface area contributed by atoms with Crippen LogP contribution in [-0.4, -0.2) is 23.7 Å². The van der Waals surface area contributed by atoms with Crippen molar-refractivity contribution in [2.45, 2.75) is 31.4 Å². The molecular weight excluding hydrogens is 216 g/mol. The molecule has 17 heavy (non-hydrogen) atoms. The van der Waals surface area contributed by atoms with Crippen LogP contribution >= 0.6 is 0 Å². The molecule has 0 saturated carbocycles. The third-order valence-corrected chi connectivity index (χ3v) is 3.26. The van der Waals surface area contributed by atoms with Gasteiger partial charge in [0, 0.05) is 12.6 Å². The van der Waals surface area contributed by atoms with E-state index in [1.54, 1.807) is 0 Å². The number of aliphatic hydroxyl groups excluding tert-OH is 1. The standard InChI is InChI=1S/C13H18N2O2/c14-13(17)12(16)8-15-11-7-3-5-9-4-1-2-6-10(9)11/h1-2,4,6,11-12,15-16H,3,5,7-8H2,(H2,14,17). The number of nitrogens with one attached hydrogen (secondary N) is 1. The Morgan fingerprint density at radius 3 is 3.06 bits per heavy atom. The van der Waals surface area contributed by atoms with E-state index in [0.717, 1.165) is 19.3 Å². The van der Waals surface area contributed by atoms with Crippen LogP contribution < -0.4 is 11.1 Å². The number of amides is 1. The largest absolute Gasteiger partial charge is 0.382 e. The van der Waals surface area contributed by atoms with Crippen molar-refractivity contribution >= 4 is 5.91 Å². The monoisotopic (exact) mass is 234 g/mol. The minimum absolute atomic E-state index is 0.217. The molecule has 2 rings (SSSR count). The molecule has 0 fully saturated rings. The van der Waals surface area contributed by atoms with Gasteiger partial charge in [-0.15, -0.1) is 0 Å². The van der Waals surface area contributed by atoms with Crippen molar-refractivity contribution in [1.29, 1.82) is 0 Å². The molecule has 0 bridgehead atoms. The van der Waals surface area contributed by atoms with Gasteiger partial charge in [-0.25, -0.2) is 0 Å². The van der Waals surface area contributed by atoms with Crippen LogP contribution in [-0.2, 0) is 11.2 Å². The summed E-state index contributed by atoms with van der Waals surface area (Å²) in [5.74, 6) is -0.679. The van der Waals surface area contributed by atoms with Gasteiger partial charge in [0.25, 0.3) is 0 Å². The quantitative estimate of drug-likeness (QED) is 0.710. The summed E-state index contributed by atoms with van der Waals surface area (Å²) in [4.78, 5) is 10.7. The van der Waals surface area contributed by atoms with Crippen molar-refractivity contribution in [3.05, 3.63) is 35.4 Å². The second-order valence-electron chi connectivity index (χ2n) is 4.47. The van der Waals surface area contributed by atoms with Crippen LogP contribution in [0.5, 0.6) is 0 Å². The number of aryl methyl sites for hydroxylation is 1. The summed E-state index contributed by atoms with van der Waals surface area (Å²) in [6.07, 6.45) is 2.15. The lowest BCUT2D eigenvalue weighted by molar-refractivity contribution is -0.125. The average Bonchev–Trinajstić information content (AvgIpc) is 2.35. The molecule has 0 heterocycles. The first kappa shape index (κ1) is 12.1. The van der Waals surface area contributed by atoms with Gasteiger partial charge < -0.3 is 16.2 Å². The highest BCUT2D eigenvalue weighted by atomic mass is 16.3. The molecule has 92 valence electrons. The van der Waals surface area contributed by atoms with Gasteiger partial charge in [-0.05, 0) is 30.4 Å². The smallest absolute Gasteiger partial charge is 0.247 e. The fourth-order valence-electron chi connectivity index (χ4n) is 2.32. The van der Waals surface area contributed by atoms with Crippen molar-refractivity contribution in [3.63, 3.8) is 0 Å². The van der Waals surface area contributed by atoms with Gasteiger partial charge in [-0.3, -0.25) is 4.79 Å².